The number of halogens is 4. The Morgan fingerprint density at radius 3 is 2.47 bits per heavy atom. The molecule has 0 radical (unpaired) electrons. The third-order valence-electron chi connectivity index (χ3n) is 6.92. The van der Waals surface area contributed by atoms with E-state index in [0.29, 0.717) is 25.2 Å². The molecule has 5 heteroatoms. The second kappa shape index (κ2) is 9.68. The van der Waals surface area contributed by atoms with Crippen molar-refractivity contribution in [2.45, 2.75) is 76.7 Å². The molecule has 3 unspecified atom stereocenters. The largest absolute Gasteiger partial charge is 0.573 e. The van der Waals surface area contributed by atoms with Crippen LogP contribution in [0.2, 0.25) is 0 Å². The summed E-state index contributed by atoms with van der Waals surface area (Å²) < 4.78 is 56.3. The second-order valence-electron chi connectivity index (χ2n) is 9.15. The highest BCUT2D eigenvalue weighted by atomic mass is 19.4. The van der Waals surface area contributed by atoms with Gasteiger partial charge in [0, 0.05) is 5.92 Å². The molecule has 2 aliphatic rings. The molecule has 0 aliphatic heterocycles. The maximum absolute atomic E-state index is 14.9. The lowest BCUT2D eigenvalue weighted by atomic mass is 9.75. The Bertz CT molecular complexity index is 945. The van der Waals surface area contributed by atoms with Crippen molar-refractivity contribution in [1.82, 2.24) is 0 Å². The van der Waals surface area contributed by atoms with Crippen molar-refractivity contribution in [2.24, 2.45) is 5.92 Å². The Hall–Kier alpha value is -2.30. The van der Waals surface area contributed by atoms with Gasteiger partial charge >= 0.3 is 6.36 Å². The molecule has 2 aromatic rings. The normalized spacial score (nSPS) is 23.4. The van der Waals surface area contributed by atoms with Gasteiger partial charge in [0.05, 0.1) is 0 Å². The summed E-state index contributed by atoms with van der Waals surface area (Å²) in [5.41, 5.74) is 5.17. The summed E-state index contributed by atoms with van der Waals surface area (Å²) in [5, 5.41) is 0. The number of fused-ring (bicyclic) bond motifs is 1. The number of allylic oxidation sites excluding steroid dienone is 2. The summed E-state index contributed by atoms with van der Waals surface area (Å²) in [6, 6.07) is 12.8. The second-order valence-corrected chi connectivity index (χ2v) is 9.15. The van der Waals surface area contributed by atoms with Crippen LogP contribution in [0.1, 0.15) is 73.6 Å². The van der Waals surface area contributed by atoms with Crippen LogP contribution < -0.4 is 4.74 Å². The number of rotatable bonds is 6. The quantitative estimate of drug-likeness (QED) is 0.407. The zero-order valence-electron chi connectivity index (χ0n) is 18.4. The van der Waals surface area contributed by atoms with E-state index in [1.54, 1.807) is 6.07 Å². The minimum atomic E-state index is -4.68. The summed E-state index contributed by atoms with van der Waals surface area (Å²) in [7, 11) is 0. The van der Waals surface area contributed by atoms with Gasteiger partial charge in [-0.1, -0.05) is 62.6 Å². The summed E-state index contributed by atoms with van der Waals surface area (Å²) in [6.45, 7) is 2.18. The summed E-state index contributed by atoms with van der Waals surface area (Å²) in [4.78, 5) is 0. The average molecular weight is 447 g/mol. The number of hydrogen-bond donors (Lipinski definition) is 0. The summed E-state index contributed by atoms with van der Waals surface area (Å²) in [5.74, 6) is 0.327. The van der Waals surface area contributed by atoms with Gasteiger partial charge in [-0.2, -0.15) is 0 Å². The molecule has 0 N–H and O–H groups in total. The van der Waals surface area contributed by atoms with Crippen molar-refractivity contribution in [3.05, 3.63) is 70.8 Å². The first kappa shape index (κ1) is 22.9. The first-order chi connectivity index (χ1) is 15.3. The molecule has 0 aromatic heterocycles. The standard InChI is InChI=1S/C27H30F4O/c1-2-3-4-18-5-14-25(26(28)15-18)20-8-6-19(7-9-20)21-10-11-23-17-24(32-27(29,30)31)13-12-22(23)16-21/h6-10,12-13,17-18,25-26H,2-5,11,14-16H2,1H3. The number of alkyl halides is 4. The fourth-order valence-electron chi connectivity index (χ4n) is 5.16. The van der Waals surface area contributed by atoms with Gasteiger partial charge in [-0.05, 0) is 78.0 Å². The molecule has 32 heavy (non-hydrogen) atoms. The number of unbranched alkanes of at least 4 members (excludes halogenated alkanes) is 1. The zero-order valence-corrected chi connectivity index (χ0v) is 18.4. The lowest BCUT2D eigenvalue weighted by molar-refractivity contribution is -0.274. The van der Waals surface area contributed by atoms with Gasteiger partial charge in [0.1, 0.15) is 11.9 Å². The molecule has 0 heterocycles. The molecule has 0 amide bonds. The minimum Gasteiger partial charge on any atom is -0.406 e. The smallest absolute Gasteiger partial charge is 0.406 e. The van der Waals surface area contributed by atoms with Gasteiger partial charge < -0.3 is 4.74 Å². The molecule has 0 bridgehead atoms. The molecule has 1 nitrogen and oxygen atoms in total. The van der Waals surface area contributed by atoms with Crippen LogP contribution in [0.3, 0.4) is 0 Å². The number of benzene rings is 2. The van der Waals surface area contributed by atoms with Gasteiger partial charge in [0.2, 0.25) is 0 Å². The molecule has 1 saturated carbocycles. The van der Waals surface area contributed by atoms with Crippen molar-refractivity contribution in [2.75, 3.05) is 0 Å². The predicted molar refractivity (Wildman–Crippen MR) is 119 cm³/mol. The fourth-order valence-corrected chi connectivity index (χ4v) is 5.16. The summed E-state index contributed by atoms with van der Waals surface area (Å²) in [6.07, 6.45) is 4.02. The maximum Gasteiger partial charge on any atom is 0.573 e. The van der Waals surface area contributed by atoms with Crippen molar-refractivity contribution in [1.29, 1.82) is 0 Å². The zero-order chi connectivity index (χ0) is 22.7. The molecular formula is C27H30F4O. The van der Waals surface area contributed by atoms with Crippen LogP contribution in [0.5, 0.6) is 5.75 Å². The van der Waals surface area contributed by atoms with Crippen LogP contribution in [0.15, 0.2) is 48.5 Å². The predicted octanol–water partition coefficient (Wildman–Crippen LogP) is 8.18. The van der Waals surface area contributed by atoms with Gasteiger partial charge in [-0.15, -0.1) is 13.2 Å². The first-order valence-corrected chi connectivity index (χ1v) is 11.6. The molecule has 0 spiro atoms. The highest BCUT2D eigenvalue weighted by molar-refractivity contribution is 5.71. The van der Waals surface area contributed by atoms with Crippen LogP contribution in [0, 0.1) is 5.92 Å². The van der Waals surface area contributed by atoms with Gasteiger partial charge in [-0.25, -0.2) is 4.39 Å². The van der Waals surface area contributed by atoms with Crippen molar-refractivity contribution < 1.29 is 22.3 Å². The van der Waals surface area contributed by atoms with Crippen LogP contribution >= 0.6 is 0 Å². The van der Waals surface area contributed by atoms with E-state index >= 15 is 0 Å². The van der Waals surface area contributed by atoms with E-state index < -0.39 is 12.5 Å². The van der Waals surface area contributed by atoms with E-state index in [4.69, 9.17) is 0 Å². The van der Waals surface area contributed by atoms with E-state index in [9.17, 15) is 17.6 Å². The average Bonchev–Trinajstić information content (AvgIpc) is 2.76. The lowest BCUT2D eigenvalue weighted by Gasteiger charge is -2.32. The Balaban J connectivity index is 1.40. The van der Waals surface area contributed by atoms with Crippen LogP contribution in [-0.2, 0) is 12.8 Å². The third-order valence-corrected chi connectivity index (χ3v) is 6.92. The minimum absolute atomic E-state index is 0.0185. The monoisotopic (exact) mass is 446 g/mol. The Morgan fingerprint density at radius 2 is 1.78 bits per heavy atom. The van der Waals surface area contributed by atoms with E-state index in [2.05, 4.69) is 42.0 Å². The van der Waals surface area contributed by atoms with E-state index in [-0.39, 0.29) is 11.7 Å². The lowest BCUT2D eigenvalue weighted by Crippen LogP contribution is -2.24. The number of hydrogen-bond acceptors (Lipinski definition) is 1. The van der Waals surface area contributed by atoms with E-state index in [1.807, 2.05) is 0 Å². The Labute approximate surface area is 187 Å². The van der Waals surface area contributed by atoms with Crippen molar-refractivity contribution in [3.63, 3.8) is 0 Å². The molecule has 1 fully saturated rings. The highest BCUT2D eigenvalue weighted by Crippen LogP contribution is 2.40. The van der Waals surface area contributed by atoms with Crippen LogP contribution in [-0.4, -0.2) is 12.5 Å². The molecule has 0 saturated heterocycles. The molecule has 2 aliphatic carbocycles. The van der Waals surface area contributed by atoms with Gasteiger partial charge in [0.25, 0.3) is 0 Å². The van der Waals surface area contributed by atoms with E-state index in [0.717, 1.165) is 47.1 Å². The SMILES string of the molecule is CCCCC1CCC(c2ccc(C3=CCc4cc(OC(F)(F)F)ccc4C3)cc2)C(F)C1. The Kier molecular flexibility index (Phi) is 6.92. The van der Waals surface area contributed by atoms with Crippen LogP contribution in [0.4, 0.5) is 17.6 Å². The molecule has 2 aromatic carbocycles. The third kappa shape index (κ3) is 5.54. The summed E-state index contributed by atoms with van der Waals surface area (Å²) >= 11 is 0. The van der Waals surface area contributed by atoms with Crippen molar-refractivity contribution >= 4 is 5.57 Å². The maximum atomic E-state index is 14.9. The highest BCUT2D eigenvalue weighted by Gasteiger charge is 2.32. The van der Waals surface area contributed by atoms with Gasteiger partial charge in [0.15, 0.2) is 0 Å². The Morgan fingerprint density at radius 1 is 1.00 bits per heavy atom. The fraction of sp³-hybridized carbons (Fsp3) is 0.481. The van der Waals surface area contributed by atoms with Crippen molar-refractivity contribution in [3.8, 4) is 5.75 Å². The molecular weight excluding hydrogens is 416 g/mol. The topological polar surface area (TPSA) is 9.23 Å². The molecule has 3 atom stereocenters. The molecule has 4 rings (SSSR count). The molecule has 172 valence electrons. The van der Waals surface area contributed by atoms with Crippen LogP contribution in [0.25, 0.3) is 5.57 Å². The van der Waals surface area contributed by atoms with E-state index in [1.165, 1.54) is 25.0 Å². The van der Waals surface area contributed by atoms with Gasteiger partial charge in [-0.3, -0.25) is 0 Å². The first-order valence-electron chi connectivity index (χ1n) is 11.6. The number of ether oxygens (including phenoxy) is 1.